The molecule has 1 aliphatic carbocycles. The number of hydrogen-bond acceptors (Lipinski definition) is 7. The molecule has 144 valence electrons. The third-order valence-electron chi connectivity index (χ3n) is 5.71. The van der Waals surface area contributed by atoms with Gasteiger partial charge in [0.05, 0.1) is 31.8 Å². The summed E-state index contributed by atoms with van der Waals surface area (Å²) in [5, 5.41) is 5.15. The Labute approximate surface area is 162 Å². The third kappa shape index (κ3) is 2.63. The molecule has 8 heteroatoms. The van der Waals surface area contributed by atoms with Crippen LogP contribution in [0.4, 0.5) is 5.82 Å². The lowest BCUT2D eigenvalue weighted by Crippen LogP contribution is -2.49. The maximum absolute atomic E-state index is 11.6. The molecule has 1 unspecified atom stereocenters. The molecule has 2 aromatic heterocycles. The van der Waals surface area contributed by atoms with Crippen LogP contribution in [0.15, 0.2) is 36.8 Å². The maximum atomic E-state index is 11.6. The standard InChI is InChI=1S/C20H21N5O3/c1-27-17(26)11-25-19-15(10-23-25)18(21-13-22-19)24-8-9-28-20(12-24)7-6-14-4-2-3-5-16(14)20/h2-5,10,13H,6-9,11-12H2,1H3. The van der Waals surface area contributed by atoms with Crippen LogP contribution in [0.1, 0.15) is 17.5 Å². The molecule has 3 aromatic rings. The van der Waals surface area contributed by atoms with Crippen LogP contribution in [0.5, 0.6) is 0 Å². The second-order valence-corrected chi connectivity index (χ2v) is 7.23. The van der Waals surface area contributed by atoms with Crippen LogP contribution < -0.4 is 4.90 Å². The fourth-order valence-corrected chi connectivity index (χ4v) is 4.37. The topological polar surface area (TPSA) is 82.4 Å². The highest BCUT2D eigenvalue weighted by molar-refractivity contribution is 5.87. The molecule has 0 bridgehead atoms. The summed E-state index contributed by atoms with van der Waals surface area (Å²) in [5.74, 6) is 0.464. The van der Waals surface area contributed by atoms with Gasteiger partial charge in [-0.2, -0.15) is 5.10 Å². The largest absolute Gasteiger partial charge is 0.468 e. The lowest BCUT2D eigenvalue weighted by molar-refractivity contribution is -0.141. The van der Waals surface area contributed by atoms with Crippen LogP contribution in [0.25, 0.3) is 11.0 Å². The van der Waals surface area contributed by atoms with Crippen LogP contribution in [0.2, 0.25) is 0 Å². The van der Waals surface area contributed by atoms with Crippen molar-refractivity contribution >= 4 is 22.8 Å². The molecule has 1 aliphatic heterocycles. The molecule has 1 atom stereocenters. The van der Waals surface area contributed by atoms with Gasteiger partial charge in [0.25, 0.3) is 0 Å². The van der Waals surface area contributed by atoms with Gasteiger partial charge in [0.15, 0.2) is 5.65 Å². The summed E-state index contributed by atoms with van der Waals surface area (Å²) < 4.78 is 12.6. The second-order valence-electron chi connectivity index (χ2n) is 7.23. The first-order valence-electron chi connectivity index (χ1n) is 9.41. The van der Waals surface area contributed by atoms with Crippen LogP contribution in [-0.2, 0) is 32.8 Å². The quantitative estimate of drug-likeness (QED) is 0.640. The average molecular weight is 379 g/mol. The number of rotatable bonds is 3. The number of methoxy groups -OCH3 is 1. The van der Waals surface area contributed by atoms with E-state index < -0.39 is 0 Å². The predicted octanol–water partition coefficient (Wildman–Crippen LogP) is 1.68. The van der Waals surface area contributed by atoms with E-state index in [2.05, 4.69) is 44.2 Å². The number of benzene rings is 1. The number of morpholine rings is 1. The molecule has 8 nitrogen and oxygen atoms in total. The Morgan fingerprint density at radius 2 is 2.21 bits per heavy atom. The predicted molar refractivity (Wildman–Crippen MR) is 102 cm³/mol. The highest BCUT2D eigenvalue weighted by atomic mass is 16.5. The molecule has 0 N–H and O–H groups in total. The van der Waals surface area contributed by atoms with Gasteiger partial charge in [-0.1, -0.05) is 24.3 Å². The molecule has 1 spiro atoms. The Morgan fingerprint density at radius 1 is 1.32 bits per heavy atom. The third-order valence-corrected chi connectivity index (χ3v) is 5.71. The fraction of sp³-hybridized carbons (Fsp3) is 0.400. The van der Waals surface area contributed by atoms with E-state index in [-0.39, 0.29) is 18.1 Å². The highest BCUT2D eigenvalue weighted by Gasteiger charge is 2.43. The molecular weight excluding hydrogens is 358 g/mol. The molecule has 1 aromatic carbocycles. The van der Waals surface area contributed by atoms with Crippen molar-refractivity contribution in [2.24, 2.45) is 0 Å². The van der Waals surface area contributed by atoms with E-state index in [1.165, 1.54) is 24.6 Å². The Kier molecular flexibility index (Phi) is 4.01. The number of aromatic nitrogens is 4. The van der Waals surface area contributed by atoms with Crippen molar-refractivity contribution in [2.75, 3.05) is 31.7 Å². The van der Waals surface area contributed by atoms with Gasteiger partial charge in [-0.15, -0.1) is 0 Å². The lowest BCUT2D eigenvalue weighted by Gasteiger charge is -2.41. The molecule has 28 heavy (non-hydrogen) atoms. The van der Waals surface area contributed by atoms with Crippen molar-refractivity contribution in [1.29, 1.82) is 0 Å². The molecule has 0 saturated carbocycles. The van der Waals surface area contributed by atoms with E-state index >= 15 is 0 Å². The zero-order valence-corrected chi connectivity index (χ0v) is 15.7. The van der Waals surface area contributed by atoms with Crippen LogP contribution in [0.3, 0.4) is 0 Å². The maximum Gasteiger partial charge on any atom is 0.327 e. The Hall–Kier alpha value is -3.00. The normalized spacial score (nSPS) is 21.2. The lowest BCUT2D eigenvalue weighted by atomic mass is 9.93. The summed E-state index contributed by atoms with van der Waals surface area (Å²) in [6, 6.07) is 8.53. The summed E-state index contributed by atoms with van der Waals surface area (Å²) >= 11 is 0. The van der Waals surface area contributed by atoms with Gasteiger partial charge in [-0.3, -0.25) is 4.79 Å². The number of hydrogen-bond donors (Lipinski definition) is 0. The van der Waals surface area contributed by atoms with Crippen molar-refractivity contribution in [2.45, 2.75) is 25.0 Å². The average Bonchev–Trinajstić information content (AvgIpc) is 3.30. The fourth-order valence-electron chi connectivity index (χ4n) is 4.37. The zero-order chi connectivity index (χ0) is 19.1. The van der Waals surface area contributed by atoms with Crippen molar-refractivity contribution in [1.82, 2.24) is 19.7 Å². The summed E-state index contributed by atoms with van der Waals surface area (Å²) in [7, 11) is 1.36. The monoisotopic (exact) mass is 379 g/mol. The number of fused-ring (bicyclic) bond motifs is 3. The van der Waals surface area contributed by atoms with E-state index in [1.54, 1.807) is 10.9 Å². The summed E-state index contributed by atoms with van der Waals surface area (Å²) in [5.41, 5.74) is 2.98. The Morgan fingerprint density at radius 3 is 3.11 bits per heavy atom. The second kappa shape index (κ2) is 6.56. The van der Waals surface area contributed by atoms with E-state index in [1.807, 2.05) is 0 Å². The molecular formula is C20H21N5O3. The number of carbonyl (C=O) groups is 1. The van der Waals surface area contributed by atoms with Gasteiger partial charge in [0.2, 0.25) is 0 Å². The molecule has 5 rings (SSSR count). The highest BCUT2D eigenvalue weighted by Crippen LogP contribution is 2.43. The number of carbonyl (C=O) groups excluding carboxylic acids is 1. The van der Waals surface area contributed by atoms with Crippen molar-refractivity contribution in [3.8, 4) is 0 Å². The van der Waals surface area contributed by atoms with E-state index in [0.717, 1.165) is 37.1 Å². The minimum Gasteiger partial charge on any atom is -0.468 e. The molecule has 0 radical (unpaired) electrons. The number of esters is 1. The Bertz CT molecular complexity index is 1050. The van der Waals surface area contributed by atoms with Gasteiger partial charge in [0.1, 0.15) is 24.3 Å². The van der Waals surface area contributed by atoms with Gasteiger partial charge < -0.3 is 14.4 Å². The molecule has 3 heterocycles. The van der Waals surface area contributed by atoms with Gasteiger partial charge in [0, 0.05) is 6.54 Å². The van der Waals surface area contributed by atoms with Gasteiger partial charge >= 0.3 is 5.97 Å². The summed E-state index contributed by atoms with van der Waals surface area (Å²) in [6.45, 7) is 2.14. The van der Waals surface area contributed by atoms with Gasteiger partial charge in [-0.25, -0.2) is 14.6 Å². The van der Waals surface area contributed by atoms with Crippen LogP contribution >= 0.6 is 0 Å². The number of ether oxygens (including phenoxy) is 2. The van der Waals surface area contributed by atoms with Crippen LogP contribution in [0, 0.1) is 0 Å². The number of anilines is 1. The summed E-state index contributed by atoms with van der Waals surface area (Å²) in [4.78, 5) is 22.8. The van der Waals surface area contributed by atoms with E-state index in [9.17, 15) is 4.79 Å². The smallest absolute Gasteiger partial charge is 0.327 e. The number of nitrogens with zero attached hydrogens (tertiary/aromatic N) is 5. The van der Waals surface area contributed by atoms with Gasteiger partial charge in [-0.05, 0) is 24.0 Å². The SMILES string of the molecule is COC(=O)Cn1ncc2c(N3CCOC4(CCc5ccccc54)C3)ncnc21. The van der Waals surface area contributed by atoms with E-state index in [0.29, 0.717) is 12.3 Å². The molecule has 0 amide bonds. The minimum atomic E-state index is -0.363. The van der Waals surface area contributed by atoms with Crippen molar-refractivity contribution in [3.05, 3.63) is 47.9 Å². The Balaban J connectivity index is 1.50. The van der Waals surface area contributed by atoms with Crippen molar-refractivity contribution in [3.63, 3.8) is 0 Å². The van der Waals surface area contributed by atoms with E-state index in [4.69, 9.17) is 9.47 Å². The zero-order valence-electron chi connectivity index (χ0n) is 15.7. The molecule has 1 fully saturated rings. The molecule has 2 aliphatic rings. The number of aryl methyl sites for hydroxylation is 1. The first-order valence-corrected chi connectivity index (χ1v) is 9.41. The van der Waals surface area contributed by atoms with Crippen molar-refractivity contribution < 1.29 is 14.3 Å². The first-order chi connectivity index (χ1) is 13.7. The first kappa shape index (κ1) is 17.1. The molecule has 1 saturated heterocycles. The summed E-state index contributed by atoms with van der Waals surface area (Å²) in [6.07, 6.45) is 5.25. The minimum absolute atomic E-state index is 0.0247. The van der Waals surface area contributed by atoms with Crippen LogP contribution in [-0.4, -0.2) is 52.5 Å².